The molecule has 0 unspecified atom stereocenters. The number of nitrogens with one attached hydrogen (secondary N) is 1. The smallest absolute Gasteiger partial charge is 0.257 e. The van der Waals surface area contributed by atoms with Crippen LogP contribution in [0.5, 0.6) is 0 Å². The van der Waals surface area contributed by atoms with E-state index in [2.05, 4.69) is 12.2 Å². The zero-order valence-corrected chi connectivity index (χ0v) is 11.9. The fourth-order valence-electron chi connectivity index (χ4n) is 2.13. The molecule has 104 valence electrons. The minimum atomic E-state index is -0.175. The van der Waals surface area contributed by atoms with Crippen LogP contribution in [-0.4, -0.2) is 5.91 Å². The second kappa shape index (κ2) is 6.24. The van der Waals surface area contributed by atoms with Crippen LogP contribution in [0.3, 0.4) is 0 Å². The summed E-state index contributed by atoms with van der Waals surface area (Å²) in [6.07, 6.45) is 2.17. The summed E-state index contributed by atoms with van der Waals surface area (Å²) in [4.78, 5) is 12.2. The fourth-order valence-corrected chi connectivity index (χ4v) is 2.13. The number of rotatable bonds is 4. The zero-order chi connectivity index (χ0) is 14.5. The van der Waals surface area contributed by atoms with Gasteiger partial charge in [0, 0.05) is 11.4 Å². The summed E-state index contributed by atoms with van der Waals surface area (Å²) < 4.78 is 0. The largest absolute Gasteiger partial charge is 0.398 e. The number of nitrogens with two attached hydrogens (primary N) is 1. The standard InChI is InChI=1S/C17H20N2O/c1-3-4-13-6-8-14(9-7-13)19-17(20)15-10-5-12(2)11-16(15)18/h5-11H,3-4,18H2,1-2H3,(H,19,20). The van der Waals surface area contributed by atoms with E-state index in [1.165, 1.54) is 5.56 Å². The van der Waals surface area contributed by atoms with Crippen LogP contribution in [0.2, 0.25) is 0 Å². The lowest BCUT2D eigenvalue weighted by molar-refractivity contribution is 0.102. The molecule has 0 saturated heterocycles. The molecule has 0 aliphatic rings. The molecule has 0 bridgehead atoms. The number of anilines is 2. The van der Waals surface area contributed by atoms with Crippen LogP contribution in [0.25, 0.3) is 0 Å². The summed E-state index contributed by atoms with van der Waals surface area (Å²) in [5.41, 5.74) is 10.0. The number of aryl methyl sites for hydroxylation is 2. The van der Waals surface area contributed by atoms with Crippen LogP contribution in [0.15, 0.2) is 42.5 Å². The topological polar surface area (TPSA) is 55.1 Å². The van der Waals surface area contributed by atoms with E-state index >= 15 is 0 Å². The number of carbonyl (C=O) groups excluding carboxylic acids is 1. The van der Waals surface area contributed by atoms with Gasteiger partial charge in [0.1, 0.15) is 0 Å². The second-order valence-corrected chi connectivity index (χ2v) is 4.99. The first-order chi connectivity index (χ1) is 9.60. The number of hydrogen-bond acceptors (Lipinski definition) is 2. The van der Waals surface area contributed by atoms with Gasteiger partial charge in [-0.05, 0) is 48.7 Å². The van der Waals surface area contributed by atoms with Crippen molar-refractivity contribution in [3.05, 3.63) is 59.2 Å². The molecule has 3 heteroatoms. The monoisotopic (exact) mass is 268 g/mol. The van der Waals surface area contributed by atoms with E-state index in [1.54, 1.807) is 12.1 Å². The van der Waals surface area contributed by atoms with Gasteiger partial charge in [-0.25, -0.2) is 0 Å². The van der Waals surface area contributed by atoms with E-state index in [1.807, 2.05) is 37.3 Å². The molecule has 3 N–H and O–H groups in total. The number of benzene rings is 2. The van der Waals surface area contributed by atoms with Gasteiger partial charge in [-0.1, -0.05) is 31.5 Å². The van der Waals surface area contributed by atoms with Gasteiger partial charge in [0.25, 0.3) is 5.91 Å². The Labute approximate surface area is 119 Å². The molecule has 0 spiro atoms. The third-order valence-electron chi connectivity index (χ3n) is 3.20. The Balaban J connectivity index is 2.11. The van der Waals surface area contributed by atoms with Gasteiger partial charge in [0.05, 0.1) is 5.56 Å². The molecule has 0 heterocycles. The van der Waals surface area contributed by atoms with Gasteiger partial charge in [-0.15, -0.1) is 0 Å². The predicted molar refractivity (Wildman–Crippen MR) is 84.0 cm³/mol. The first kappa shape index (κ1) is 14.1. The summed E-state index contributed by atoms with van der Waals surface area (Å²) in [5, 5.41) is 2.87. The van der Waals surface area contributed by atoms with E-state index in [-0.39, 0.29) is 5.91 Å². The number of carbonyl (C=O) groups is 1. The molecule has 0 fully saturated rings. The molecule has 2 aromatic carbocycles. The maximum Gasteiger partial charge on any atom is 0.257 e. The number of hydrogen-bond donors (Lipinski definition) is 2. The van der Waals surface area contributed by atoms with E-state index in [9.17, 15) is 4.79 Å². The Morgan fingerprint density at radius 3 is 2.45 bits per heavy atom. The van der Waals surface area contributed by atoms with Crippen molar-refractivity contribution >= 4 is 17.3 Å². The van der Waals surface area contributed by atoms with Crippen LogP contribution >= 0.6 is 0 Å². The minimum absolute atomic E-state index is 0.175. The van der Waals surface area contributed by atoms with Gasteiger partial charge in [-0.3, -0.25) is 4.79 Å². The van der Waals surface area contributed by atoms with Gasteiger partial charge in [0.15, 0.2) is 0 Å². The molecular weight excluding hydrogens is 248 g/mol. The zero-order valence-electron chi connectivity index (χ0n) is 11.9. The van der Waals surface area contributed by atoms with Crippen molar-refractivity contribution < 1.29 is 4.79 Å². The maximum atomic E-state index is 12.2. The SMILES string of the molecule is CCCc1ccc(NC(=O)c2ccc(C)cc2N)cc1. The normalized spacial score (nSPS) is 10.3. The first-order valence-electron chi connectivity index (χ1n) is 6.86. The van der Waals surface area contributed by atoms with Crippen molar-refractivity contribution in [2.24, 2.45) is 0 Å². The number of nitrogen functional groups attached to an aromatic ring is 1. The lowest BCUT2D eigenvalue weighted by Crippen LogP contribution is -2.14. The van der Waals surface area contributed by atoms with Crippen molar-refractivity contribution in [3.63, 3.8) is 0 Å². The van der Waals surface area contributed by atoms with E-state index < -0.39 is 0 Å². The average Bonchev–Trinajstić information content (AvgIpc) is 2.41. The van der Waals surface area contributed by atoms with Gasteiger partial charge < -0.3 is 11.1 Å². The molecule has 2 rings (SSSR count). The summed E-state index contributed by atoms with van der Waals surface area (Å²) in [5.74, 6) is -0.175. The summed E-state index contributed by atoms with van der Waals surface area (Å²) in [6.45, 7) is 4.10. The molecular formula is C17H20N2O. The fraction of sp³-hybridized carbons (Fsp3) is 0.235. The Kier molecular flexibility index (Phi) is 4.41. The Morgan fingerprint density at radius 1 is 1.15 bits per heavy atom. The molecule has 1 amide bonds. The van der Waals surface area contributed by atoms with Crippen LogP contribution in [0.4, 0.5) is 11.4 Å². The number of amides is 1. The van der Waals surface area contributed by atoms with Crippen molar-refractivity contribution in [2.75, 3.05) is 11.1 Å². The molecule has 2 aromatic rings. The van der Waals surface area contributed by atoms with Crippen LogP contribution in [0, 0.1) is 6.92 Å². The molecule has 0 aliphatic heterocycles. The van der Waals surface area contributed by atoms with Crippen molar-refractivity contribution in [2.45, 2.75) is 26.7 Å². The molecule has 20 heavy (non-hydrogen) atoms. The molecule has 0 radical (unpaired) electrons. The van der Waals surface area contributed by atoms with Gasteiger partial charge in [0.2, 0.25) is 0 Å². The van der Waals surface area contributed by atoms with Crippen LogP contribution < -0.4 is 11.1 Å². The highest BCUT2D eigenvalue weighted by Crippen LogP contribution is 2.17. The van der Waals surface area contributed by atoms with Gasteiger partial charge in [-0.2, -0.15) is 0 Å². The van der Waals surface area contributed by atoms with Crippen molar-refractivity contribution in [3.8, 4) is 0 Å². The van der Waals surface area contributed by atoms with Crippen molar-refractivity contribution in [1.82, 2.24) is 0 Å². The third kappa shape index (κ3) is 3.38. The summed E-state index contributed by atoms with van der Waals surface area (Å²) >= 11 is 0. The van der Waals surface area contributed by atoms with Crippen LogP contribution in [-0.2, 0) is 6.42 Å². The van der Waals surface area contributed by atoms with Crippen LogP contribution in [0.1, 0.15) is 34.8 Å². The lowest BCUT2D eigenvalue weighted by atomic mass is 10.1. The molecule has 3 nitrogen and oxygen atoms in total. The van der Waals surface area contributed by atoms with Crippen molar-refractivity contribution in [1.29, 1.82) is 0 Å². The van der Waals surface area contributed by atoms with Gasteiger partial charge >= 0.3 is 0 Å². The Hall–Kier alpha value is -2.29. The highest BCUT2D eigenvalue weighted by Gasteiger charge is 2.09. The molecule has 0 aromatic heterocycles. The Bertz CT molecular complexity index is 603. The summed E-state index contributed by atoms with van der Waals surface area (Å²) in [7, 11) is 0. The average molecular weight is 268 g/mol. The molecule has 0 atom stereocenters. The third-order valence-corrected chi connectivity index (χ3v) is 3.20. The minimum Gasteiger partial charge on any atom is -0.398 e. The highest BCUT2D eigenvalue weighted by molar-refractivity contribution is 6.07. The van der Waals surface area contributed by atoms with E-state index in [0.717, 1.165) is 24.1 Å². The lowest BCUT2D eigenvalue weighted by Gasteiger charge is -2.09. The maximum absolute atomic E-state index is 12.2. The molecule has 0 saturated carbocycles. The Morgan fingerprint density at radius 2 is 1.85 bits per heavy atom. The highest BCUT2D eigenvalue weighted by atomic mass is 16.1. The summed E-state index contributed by atoms with van der Waals surface area (Å²) in [6, 6.07) is 13.4. The van der Waals surface area contributed by atoms with E-state index in [4.69, 9.17) is 5.73 Å². The quantitative estimate of drug-likeness (QED) is 0.829. The predicted octanol–water partition coefficient (Wildman–Crippen LogP) is 3.78. The second-order valence-electron chi connectivity index (χ2n) is 4.99. The van der Waals surface area contributed by atoms with E-state index in [0.29, 0.717) is 11.3 Å². The first-order valence-corrected chi connectivity index (χ1v) is 6.86. The molecule has 0 aliphatic carbocycles.